The van der Waals surface area contributed by atoms with Crippen molar-refractivity contribution in [2.75, 3.05) is 0 Å². The minimum Gasteiger partial charge on any atom is -0.378 e. The van der Waals surface area contributed by atoms with Crippen molar-refractivity contribution in [2.24, 2.45) is 0 Å². The number of nitrogens with one attached hydrogen (secondary N) is 1. The van der Waals surface area contributed by atoms with Gasteiger partial charge < -0.3 is 10.4 Å². The predicted octanol–water partition coefficient (Wildman–Crippen LogP) is 1.92. The van der Waals surface area contributed by atoms with Crippen molar-refractivity contribution in [1.82, 2.24) is 5.32 Å². The average Bonchev–Trinajstić information content (AvgIpc) is 2.26. The summed E-state index contributed by atoms with van der Waals surface area (Å²) in [5.74, 6) is -1.09. The molecule has 1 aromatic rings. The van der Waals surface area contributed by atoms with Gasteiger partial charge in [-0.05, 0) is 32.3 Å². The number of amides is 1. The lowest BCUT2D eigenvalue weighted by Gasteiger charge is -2.39. The van der Waals surface area contributed by atoms with Gasteiger partial charge in [0.25, 0.3) is 5.91 Å². The summed E-state index contributed by atoms with van der Waals surface area (Å²) >= 11 is 0. The largest absolute Gasteiger partial charge is 0.378 e. The molecule has 1 fully saturated rings. The van der Waals surface area contributed by atoms with E-state index in [2.05, 4.69) is 5.32 Å². The zero-order chi connectivity index (χ0) is 12.5. The van der Waals surface area contributed by atoms with Crippen molar-refractivity contribution in [3.8, 4) is 0 Å². The molecule has 3 nitrogen and oxygen atoms in total. The molecule has 1 atom stereocenters. The molecule has 0 spiro atoms. The van der Waals surface area contributed by atoms with Gasteiger partial charge in [-0.25, -0.2) is 4.39 Å². The number of halogens is 1. The Morgan fingerprint density at radius 1 is 1.47 bits per heavy atom. The number of aliphatic hydroxyl groups is 1. The Balaban J connectivity index is 2.07. The summed E-state index contributed by atoms with van der Waals surface area (Å²) in [6, 6.07) is 5.77. The van der Waals surface area contributed by atoms with E-state index >= 15 is 0 Å². The lowest BCUT2D eigenvalue weighted by Crippen LogP contribution is -2.52. The van der Waals surface area contributed by atoms with E-state index in [0.717, 1.165) is 19.3 Å². The van der Waals surface area contributed by atoms with Gasteiger partial charge in [0, 0.05) is 11.1 Å². The average molecular weight is 237 g/mol. The first-order valence-corrected chi connectivity index (χ1v) is 5.76. The van der Waals surface area contributed by atoms with Crippen LogP contribution in [0.1, 0.15) is 37.9 Å². The highest BCUT2D eigenvalue weighted by atomic mass is 19.1. The van der Waals surface area contributed by atoms with Gasteiger partial charge in [-0.2, -0.15) is 0 Å². The van der Waals surface area contributed by atoms with E-state index in [9.17, 15) is 14.3 Å². The summed E-state index contributed by atoms with van der Waals surface area (Å²) in [5, 5.41) is 12.6. The van der Waals surface area contributed by atoms with Crippen molar-refractivity contribution in [2.45, 2.75) is 37.8 Å². The van der Waals surface area contributed by atoms with Crippen LogP contribution in [-0.4, -0.2) is 16.6 Å². The molecular formula is C13H16FNO2. The van der Waals surface area contributed by atoms with Crippen LogP contribution in [-0.2, 0) is 4.79 Å². The molecule has 0 radical (unpaired) electrons. The number of carbonyl (C=O) groups excluding carboxylic acids is 1. The van der Waals surface area contributed by atoms with Crippen molar-refractivity contribution < 1.29 is 14.3 Å². The first-order chi connectivity index (χ1) is 8.02. The fourth-order valence-electron chi connectivity index (χ4n) is 2.04. The molecule has 1 aliphatic rings. The normalized spacial score (nSPS) is 19.2. The fraction of sp³-hybridized carbons (Fsp3) is 0.462. The minimum absolute atomic E-state index is 0.0212. The van der Waals surface area contributed by atoms with Gasteiger partial charge in [-0.15, -0.1) is 0 Å². The Morgan fingerprint density at radius 2 is 2.12 bits per heavy atom. The van der Waals surface area contributed by atoms with E-state index in [1.54, 1.807) is 6.07 Å². The third-order valence-corrected chi connectivity index (χ3v) is 3.33. The Morgan fingerprint density at radius 3 is 2.65 bits per heavy atom. The molecule has 1 unspecified atom stereocenters. The van der Waals surface area contributed by atoms with E-state index in [1.165, 1.54) is 18.2 Å². The maximum absolute atomic E-state index is 13.4. The van der Waals surface area contributed by atoms with Crippen LogP contribution in [0.15, 0.2) is 24.3 Å². The molecule has 2 N–H and O–H groups in total. The third-order valence-electron chi connectivity index (χ3n) is 3.33. The van der Waals surface area contributed by atoms with Crippen molar-refractivity contribution in [1.29, 1.82) is 0 Å². The van der Waals surface area contributed by atoms with E-state index < -0.39 is 17.8 Å². The van der Waals surface area contributed by atoms with Gasteiger partial charge >= 0.3 is 0 Å². The second kappa shape index (κ2) is 4.45. The Hall–Kier alpha value is -1.42. The number of carbonyl (C=O) groups is 1. The Kier molecular flexibility index (Phi) is 3.15. The van der Waals surface area contributed by atoms with Gasteiger partial charge in [0.05, 0.1) is 0 Å². The molecule has 17 heavy (non-hydrogen) atoms. The van der Waals surface area contributed by atoms with Gasteiger partial charge in [0.15, 0.2) is 6.10 Å². The quantitative estimate of drug-likeness (QED) is 0.843. The summed E-state index contributed by atoms with van der Waals surface area (Å²) < 4.78 is 13.4. The molecular weight excluding hydrogens is 221 g/mol. The lowest BCUT2D eigenvalue weighted by atomic mass is 9.78. The maximum Gasteiger partial charge on any atom is 0.254 e. The maximum atomic E-state index is 13.4. The molecule has 92 valence electrons. The SMILES string of the molecule is CC1(NC(=O)C(O)c2ccccc2F)CCC1. The zero-order valence-corrected chi connectivity index (χ0v) is 9.74. The molecule has 1 aliphatic carbocycles. The van der Waals surface area contributed by atoms with E-state index in [0.29, 0.717) is 0 Å². The lowest BCUT2D eigenvalue weighted by molar-refractivity contribution is -0.132. The second-order valence-electron chi connectivity index (χ2n) is 4.83. The van der Waals surface area contributed by atoms with Crippen LogP contribution in [0.3, 0.4) is 0 Å². The van der Waals surface area contributed by atoms with Crippen LogP contribution in [0.4, 0.5) is 4.39 Å². The van der Waals surface area contributed by atoms with E-state index in [4.69, 9.17) is 0 Å². The highest BCUT2D eigenvalue weighted by molar-refractivity contribution is 5.82. The molecule has 1 aromatic carbocycles. The summed E-state index contributed by atoms with van der Waals surface area (Å²) in [5.41, 5.74) is -0.212. The summed E-state index contributed by atoms with van der Waals surface area (Å²) in [6.45, 7) is 1.93. The third kappa shape index (κ3) is 2.47. The number of rotatable bonds is 3. The second-order valence-corrected chi connectivity index (χ2v) is 4.83. The van der Waals surface area contributed by atoms with Crippen LogP contribution in [0.25, 0.3) is 0 Å². The van der Waals surface area contributed by atoms with Gasteiger partial charge in [0.1, 0.15) is 5.82 Å². The number of hydrogen-bond donors (Lipinski definition) is 2. The van der Waals surface area contributed by atoms with Crippen LogP contribution in [0, 0.1) is 5.82 Å². The van der Waals surface area contributed by atoms with Crippen LogP contribution in [0.5, 0.6) is 0 Å². The van der Waals surface area contributed by atoms with Gasteiger partial charge in [-0.1, -0.05) is 18.2 Å². The van der Waals surface area contributed by atoms with Crippen LogP contribution in [0.2, 0.25) is 0 Å². The predicted molar refractivity (Wildman–Crippen MR) is 61.8 cm³/mol. The molecule has 1 saturated carbocycles. The van der Waals surface area contributed by atoms with E-state index in [-0.39, 0.29) is 11.1 Å². The van der Waals surface area contributed by atoms with Crippen molar-refractivity contribution >= 4 is 5.91 Å². The highest BCUT2D eigenvalue weighted by Gasteiger charge is 2.35. The molecule has 0 heterocycles. The zero-order valence-electron chi connectivity index (χ0n) is 9.74. The smallest absolute Gasteiger partial charge is 0.254 e. The monoisotopic (exact) mass is 237 g/mol. The van der Waals surface area contributed by atoms with Crippen molar-refractivity contribution in [3.05, 3.63) is 35.6 Å². The topological polar surface area (TPSA) is 49.3 Å². The number of hydrogen-bond acceptors (Lipinski definition) is 2. The number of benzene rings is 1. The molecule has 0 aliphatic heterocycles. The fourth-order valence-corrected chi connectivity index (χ4v) is 2.04. The van der Waals surface area contributed by atoms with Crippen LogP contribution < -0.4 is 5.32 Å². The van der Waals surface area contributed by atoms with Crippen LogP contribution >= 0.6 is 0 Å². The molecule has 2 rings (SSSR count). The first kappa shape index (κ1) is 12.0. The highest BCUT2D eigenvalue weighted by Crippen LogP contribution is 2.31. The Labute approximate surface area is 99.7 Å². The standard InChI is InChI=1S/C13H16FNO2/c1-13(7-4-8-13)15-12(17)11(16)9-5-2-3-6-10(9)14/h2-3,5-6,11,16H,4,7-8H2,1H3,(H,15,17). The molecule has 4 heteroatoms. The van der Waals surface area contributed by atoms with E-state index in [1.807, 2.05) is 6.92 Å². The van der Waals surface area contributed by atoms with Crippen molar-refractivity contribution in [3.63, 3.8) is 0 Å². The van der Waals surface area contributed by atoms with Gasteiger partial charge in [0.2, 0.25) is 0 Å². The first-order valence-electron chi connectivity index (χ1n) is 5.76. The molecule has 0 bridgehead atoms. The molecule has 0 saturated heterocycles. The molecule has 1 amide bonds. The Bertz CT molecular complexity index is 429. The summed E-state index contributed by atoms with van der Waals surface area (Å²) in [7, 11) is 0. The molecule has 0 aromatic heterocycles. The summed E-state index contributed by atoms with van der Waals surface area (Å²) in [6.07, 6.45) is 1.45. The van der Waals surface area contributed by atoms with Gasteiger partial charge in [-0.3, -0.25) is 4.79 Å². The minimum atomic E-state index is -1.44. The number of aliphatic hydroxyl groups excluding tert-OH is 1. The summed E-state index contributed by atoms with van der Waals surface area (Å²) in [4.78, 5) is 11.8.